The van der Waals surface area contributed by atoms with Gasteiger partial charge in [0, 0.05) is 18.7 Å². The van der Waals surface area contributed by atoms with Crippen molar-refractivity contribution in [1.29, 1.82) is 0 Å². The summed E-state index contributed by atoms with van der Waals surface area (Å²) in [4.78, 5) is 23.6. The number of carbonyl (C=O) groups is 1. The molecule has 0 radical (unpaired) electrons. The lowest BCUT2D eigenvalue weighted by molar-refractivity contribution is -0.144. The van der Waals surface area contributed by atoms with Gasteiger partial charge in [-0.15, -0.1) is 0 Å². The summed E-state index contributed by atoms with van der Waals surface area (Å²) >= 11 is 0. The van der Waals surface area contributed by atoms with Gasteiger partial charge in [-0.1, -0.05) is 30.3 Å². The first kappa shape index (κ1) is 24.0. The first-order valence-corrected chi connectivity index (χ1v) is 12.0. The van der Waals surface area contributed by atoms with Crippen LogP contribution in [0.25, 0.3) is 0 Å². The zero-order chi connectivity index (χ0) is 24.7. The average Bonchev–Trinajstić information content (AvgIpc) is 3.47. The highest BCUT2D eigenvalue weighted by Gasteiger charge is 2.51. The van der Waals surface area contributed by atoms with Crippen molar-refractivity contribution in [2.75, 3.05) is 38.3 Å². The summed E-state index contributed by atoms with van der Waals surface area (Å²) in [5.41, 5.74) is 0.958. The Morgan fingerprint density at radius 2 is 1.83 bits per heavy atom. The zero-order valence-electron chi connectivity index (χ0n) is 19.7. The summed E-state index contributed by atoms with van der Waals surface area (Å²) in [6, 6.07) is 10.2. The van der Waals surface area contributed by atoms with Crippen LogP contribution < -0.4 is 10.2 Å². The highest BCUT2D eigenvalue weighted by molar-refractivity contribution is 5.95. The average molecular weight is 490 g/mol. The summed E-state index contributed by atoms with van der Waals surface area (Å²) in [7, 11) is 2.18. The second kappa shape index (κ2) is 9.05. The molecular weight excluding hydrogens is 459 g/mol. The van der Waals surface area contributed by atoms with Crippen LogP contribution in [0.15, 0.2) is 42.7 Å². The van der Waals surface area contributed by atoms with Crippen LogP contribution in [0.2, 0.25) is 0 Å². The fraction of sp³-hybridized carbons (Fsp3) is 0.560. The Hall–Kier alpha value is -2.72. The fourth-order valence-corrected chi connectivity index (χ4v) is 5.88. The molecule has 2 aliphatic heterocycles. The summed E-state index contributed by atoms with van der Waals surface area (Å²) in [5.74, 6) is -0.700. The van der Waals surface area contributed by atoms with E-state index >= 15 is 0 Å². The van der Waals surface area contributed by atoms with Crippen LogP contribution in [-0.4, -0.2) is 59.8 Å². The molecule has 1 aromatic carbocycles. The number of nitrogens with one attached hydrogen (secondary N) is 1. The third-order valence-corrected chi connectivity index (χ3v) is 7.91. The van der Waals surface area contributed by atoms with E-state index in [4.69, 9.17) is 4.74 Å². The molecule has 3 aliphatic rings. The van der Waals surface area contributed by atoms with Crippen molar-refractivity contribution in [1.82, 2.24) is 20.2 Å². The van der Waals surface area contributed by atoms with E-state index in [1.54, 1.807) is 0 Å². The number of ether oxygens (including phenoxy) is 1. The maximum atomic E-state index is 12.8. The Bertz CT molecular complexity index is 1030. The van der Waals surface area contributed by atoms with Gasteiger partial charge in [0.15, 0.2) is 0 Å². The minimum absolute atomic E-state index is 0.148. The molecule has 10 heteroatoms. The maximum absolute atomic E-state index is 12.8. The molecule has 188 valence electrons. The number of urea groups is 1. The molecule has 2 saturated heterocycles. The van der Waals surface area contributed by atoms with Gasteiger partial charge in [0.05, 0.1) is 36.8 Å². The molecule has 1 aliphatic carbocycles. The smallest absolute Gasteiger partial charge is 0.381 e. The molecule has 3 heterocycles. The van der Waals surface area contributed by atoms with Crippen LogP contribution in [0.1, 0.15) is 43.5 Å². The van der Waals surface area contributed by atoms with Gasteiger partial charge < -0.3 is 10.1 Å². The summed E-state index contributed by atoms with van der Waals surface area (Å²) in [6.07, 6.45) is 1.84. The first-order chi connectivity index (χ1) is 16.7. The molecule has 1 N–H and O–H groups in total. The Labute approximate surface area is 202 Å². The van der Waals surface area contributed by atoms with E-state index < -0.39 is 17.5 Å². The molecule has 3 fully saturated rings. The maximum Gasteiger partial charge on any atom is 0.451 e. The number of rotatable bonds is 5. The molecule has 2 amide bonds. The van der Waals surface area contributed by atoms with Crippen molar-refractivity contribution in [3.63, 3.8) is 0 Å². The van der Waals surface area contributed by atoms with Crippen molar-refractivity contribution in [2.24, 2.45) is 5.92 Å². The van der Waals surface area contributed by atoms with Gasteiger partial charge in [0.1, 0.15) is 0 Å². The third-order valence-electron chi connectivity index (χ3n) is 7.91. The molecule has 35 heavy (non-hydrogen) atoms. The van der Waals surface area contributed by atoms with E-state index in [0.29, 0.717) is 12.5 Å². The number of hydrogen-bond acceptors (Lipinski definition) is 5. The SMILES string of the molecule is CN(CC1CCOC1)[C@]1(c2ccccc2)CC[C@@]2(CC1)CN(c1cnc(C(F)(F)F)nc1)C(=O)N2. The number of anilines is 1. The molecular formula is C25H30F3N5O2. The van der Waals surface area contributed by atoms with Gasteiger partial charge in [-0.3, -0.25) is 9.80 Å². The number of aromatic nitrogens is 2. The van der Waals surface area contributed by atoms with Gasteiger partial charge in [-0.25, -0.2) is 14.8 Å². The fourth-order valence-electron chi connectivity index (χ4n) is 5.88. The van der Waals surface area contributed by atoms with Crippen LogP contribution in [0.5, 0.6) is 0 Å². The lowest BCUT2D eigenvalue weighted by Crippen LogP contribution is -2.55. The molecule has 1 aromatic heterocycles. The molecule has 5 rings (SSSR count). The number of halogens is 3. The molecule has 1 unspecified atom stereocenters. The number of benzene rings is 1. The highest BCUT2D eigenvalue weighted by Crippen LogP contribution is 2.47. The second-order valence-corrected chi connectivity index (χ2v) is 10.1. The lowest BCUT2D eigenvalue weighted by Gasteiger charge is -2.50. The largest absolute Gasteiger partial charge is 0.451 e. The van der Waals surface area contributed by atoms with Crippen molar-refractivity contribution in [3.05, 3.63) is 54.1 Å². The van der Waals surface area contributed by atoms with Crippen molar-refractivity contribution < 1.29 is 22.7 Å². The number of carbonyl (C=O) groups excluding carboxylic acids is 1. The topological polar surface area (TPSA) is 70.6 Å². The third kappa shape index (κ3) is 4.61. The predicted octanol–water partition coefficient (Wildman–Crippen LogP) is 4.20. The highest BCUT2D eigenvalue weighted by atomic mass is 19.4. The number of alkyl halides is 3. The summed E-state index contributed by atoms with van der Waals surface area (Å²) < 4.78 is 44.1. The van der Waals surface area contributed by atoms with Crippen LogP contribution in [-0.2, 0) is 16.5 Å². The number of nitrogens with zero attached hydrogens (tertiary/aromatic N) is 4. The Morgan fingerprint density at radius 3 is 2.43 bits per heavy atom. The lowest BCUT2D eigenvalue weighted by atomic mass is 9.68. The Morgan fingerprint density at radius 1 is 1.14 bits per heavy atom. The van der Waals surface area contributed by atoms with Gasteiger partial charge >= 0.3 is 12.2 Å². The van der Waals surface area contributed by atoms with Crippen molar-refractivity contribution >= 4 is 11.7 Å². The van der Waals surface area contributed by atoms with Gasteiger partial charge in [0.2, 0.25) is 5.82 Å². The van der Waals surface area contributed by atoms with Crippen LogP contribution in [0, 0.1) is 5.92 Å². The number of amides is 2. The minimum Gasteiger partial charge on any atom is -0.381 e. The number of hydrogen-bond donors (Lipinski definition) is 1. The molecule has 0 bridgehead atoms. The zero-order valence-corrected chi connectivity index (χ0v) is 19.7. The predicted molar refractivity (Wildman–Crippen MR) is 124 cm³/mol. The van der Waals surface area contributed by atoms with E-state index in [1.165, 1.54) is 10.5 Å². The monoisotopic (exact) mass is 489 g/mol. The molecule has 1 spiro atoms. The van der Waals surface area contributed by atoms with Gasteiger partial charge in [-0.2, -0.15) is 13.2 Å². The normalized spacial score (nSPS) is 29.2. The minimum atomic E-state index is -4.62. The first-order valence-electron chi connectivity index (χ1n) is 12.0. The summed E-state index contributed by atoms with van der Waals surface area (Å²) in [5, 5.41) is 3.13. The Balaban J connectivity index is 1.33. The van der Waals surface area contributed by atoms with Crippen LogP contribution >= 0.6 is 0 Å². The van der Waals surface area contributed by atoms with Crippen molar-refractivity contribution in [3.8, 4) is 0 Å². The van der Waals surface area contributed by atoms with E-state index in [0.717, 1.165) is 64.3 Å². The molecule has 1 atom stereocenters. The molecule has 1 saturated carbocycles. The van der Waals surface area contributed by atoms with Gasteiger partial charge in [0.25, 0.3) is 0 Å². The van der Waals surface area contributed by atoms with E-state index in [-0.39, 0.29) is 17.3 Å². The second-order valence-electron chi connectivity index (χ2n) is 10.1. The van der Waals surface area contributed by atoms with Crippen LogP contribution in [0.3, 0.4) is 0 Å². The standard InChI is InChI=1S/C25H30F3N5O2/c1-32(15-18-7-12-35-16-18)24(19-5-3-2-4-6-19)10-8-23(9-11-24)17-33(22(34)31-23)20-13-29-21(30-14-20)25(26,27)28/h2-6,13-14,18H,7-12,15-17H2,1H3,(H,31,34)/t18?,23-,24-. The van der Waals surface area contributed by atoms with E-state index in [2.05, 4.69) is 51.5 Å². The quantitative estimate of drug-likeness (QED) is 0.682. The molecule has 2 aromatic rings. The van der Waals surface area contributed by atoms with Crippen molar-refractivity contribution in [2.45, 2.75) is 49.4 Å². The van der Waals surface area contributed by atoms with E-state index in [9.17, 15) is 18.0 Å². The molecule has 7 nitrogen and oxygen atoms in total. The van der Waals surface area contributed by atoms with E-state index in [1.807, 2.05) is 6.07 Å². The summed E-state index contributed by atoms with van der Waals surface area (Å²) in [6.45, 7) is 2.93. The van der Waals surface area contributed by atoms with Gasteiger partial charge in [-0.05, 0) is 50.6 Å². The van der Waals surface area contributed by atoms with Crippen LogP contribution in [0.4, 0.5) is 23.7 Å². The Kier molecular flexibility index (Phi) is 6.21.